The molecule has 6 heteroatoms. The lowest BCUT2D eigenvalue weighted by Gasteiger charge is -2.32. The third-order valence-electron chi connectivity index (χ3n) is 4.83. The number of ether oxygens (including phenoxy) is 2. The third-order valence-corrected chi connectivity index (χ3v) is 4.83. The number of rotatable bonds is 6. The summed E-state index contributed by atoms with van der Waals surface area (Å²) in [5, 5.41) is 0. The van der Waals surface area contributed by atoms with E-state index in [1.54, 1.807) is 7.11 Å². The lowest BCUT2D eigenvalue weighted by Crippen LogP contribution is -2.40. The second kappa shape index (κ2) is 10.3. The topological polar surface area (TPSA) is 64.8 Å². The first-order valence-electron chi connectivity index (χ1n) is 9.03. The molecule has 1 amide bonds. The first kappa shape index (κ1) is 21.2. The fourth-order valence-corrected chi connectivity index (χ4v) is 3.22. The predicted molar refractivity (Wildman–Crippen MR) is 108 cm³/mol. The van der Waals surface area contributed by atoms with E-state index in [0.717, 1.165) is 35.3 Å². The summed E-state index contributed by atoms with van der Waals surface area (Å²) < 4.78 is 11.4. The monoisotopic (exact) mass is 390 g/mol. The van der Waals surface area contributed by atoms with E-state index in [1.165, 1.54) is 0 Å². The molecule has 1 heterocycles. The Morgan fingerprint density at radius 1 is 1.11 bits per heavy atom. The van der Waals surface area contributed by atoms with Gasteiger partial charge in [0.2, 0.25) is 0 Å². The first-order chi connectivity index (χ1) is 12.7. The van der Waals surface area contributed by atoms with Crippen molar-refractivity contribution in [2.24, 2.45) is 5.73 Å². The van der Waals surface area contributed by atoms with Crippen molar-refractivity contribution < 1.29 is 14.3 Å². The van der Waals surface area contributed by atoms with Gasteiger partial charge in [-0.15, -0.1) is 12.4 Å². The normalized spacial score (nSPS) is 14.5. The zero-order valence-corrected chi connectivity index (χ0v) is 16.4. The van der Waals surface area contributed by atoms with Crippen molar-refractivity contribution in [3.8, 4) is 5.75 Å². The Kier molecular flexibility index (Phi) is 8.10. The number of amides is 1. The number of methoxy groups -OCH3 is 1. The fourth-order valence-electron chi connectivity index (χ4n) is 3.22. The van der Waals surface area contributed by atoms with Crippen LogP contribution >= 0.6 is 12.4 Å². The fraction of sp³-hybridized carbons (Fsp3) is 0.381. The zero-order chi connectivity index (χ0) is 18.4. The molecule has 2 aromatic rings. The van der Waals surface area contributed by atoms with Crippen LogP contribution in [0.1, 0.15) is 34.3 Å². The Bertz CT molecular complexity index is 728. The molecule has 0 spiro atoms. The lowest BCUT2D eigenvalue weighted by molar-refractivity contribution is -0.000960. The maximum absolute atomic E-state index is 12.6. The standard InChI is InChI=1S/C21H26N2O3.ClH/c1-25-20-5-3-2-4-18(20)15-26-19-10-12-23(13-11-19)21(24)17-8-6-16(14-22)7-9-17;/h2-9,19H,10-15,22H2,1H3;1H. The summed E-state index contributed by atoms with van der Waals surface area (Å²) in [6.45, 7) is 2.45. The summed E-state index contributed by atoms with van der Waals surface area (Å²) in [6, 6.07) is 15.4. The van der Waals surface area contributed by atoms with Gasteiger partial charge in [0, 0.05) is 30.8 Å². The van der Waals surface area contributed by atoms with Gasteiger partial charge in [0.25, 0.3) is 5.91 Å². The molecule has 0 unspecified atom stereocenters. The number of hydrogen-bond donors (Lipinski definition) is 1. The van der Waals surface area contributed by atoms with Crippen molar-refractivity contribution in [2.75, 3.05) is 20.2 Å². The highest BCUT2D eigenvalue weighted by Crippen LogP contribution is 2.22. The molecule has 1 saturated heterocycles. The van der Waals surface area contributed by atoms with Gasteiger partial charge in [0.05, 0.1) is 19.8 Å². The SMILES string of the molecule is COc1ccccc1COC1CCN(C(=O)c2ccc(CN)cc2)CC1.Cl. The molecule has 0 aliphatic carbocycles. The number of hydrogen-bond acceptors (Lipinski definition) is 4. The largest absolute Gasteiger partial charge is 0.496 e. The van der Waals surface area contributed by atoms with E-state index in [1.807, 2.05) is 53.4 Å². The summed E-state index contributed by atoms with van der Waals surface area (Å²) in [5.74, 6) is 0.929. The zero-order valence-electron chi connectivity index (χ0n) is 15.6. The van der Waals surface area contributed by atoms with E-state index in [2.05, 4.69) is 0 Å². The minimum atomic E-state index is 0. The molecule has 0 bridgehead atoms. The van der Waals surface area contributed by atoms with E-state index in [9.17, 15) is 4.79 Å². The van der Waals surface area contributed by atoms with Gasteiger partial charge in [-0.25, -0.2) is 0 Å². The minimum absolute atomic E-state index is 0. The summed E-state index contributed by atoms with van der Waals surface area (Å²) in [7, 11) is 1.67. The second-order valence-corrected chi connectivity index (χ2v) is 6.52. The molecule has 146 valence electrons. The van der Waals surface area contributed by atoms with Crippen LogP contribution in [0.2, 0.25) is 0 Å². The molecule has 0 aromatic heterocycles. The number of halogens is 1. The Morgan fingerprint density at radius 3 is 2.41 bits per heavy atom. The average molecular weight is 391 g/mol. The van der Waals surface area contributed by atoms with E-state index in [0.29, 0.717) is 26.2 Å². The quantitative estimate of drug-likeness (QED) is 0.821. The number of para-hydroxylation sites is 1. The summed E-state index contributed by atoms with van der Waals surface area (Å²) in [4.78, 5) is 14.5. The molecule has 0 saturated carbocycles. The van der Waals surface area contributed by atoms with Crippen LogP contribution < -0.4 is 10.5 Å². The molecular weight excluding hydrogens is 364 g/mol. The first-order valence-corrected chi connectivity index (χ1v) is 9.03. The van der Waals surface area contributed by atoms with E-state index in [-0.39, 0.29) is 24.4 Å². The predicted octanol–water partition coefficient (Wildman–Crippen LogP) is 3.40. The van der Waals surface area contributed by atoms with Gasteiger partial charge in [-0.1, -0.05) is 30.3 Å². The smallest absolute Gasteiger partial charge is 0.253 e. The maximum Gasteiger partial charge on any atom is 0.253 e. The summed E-state index contributed by atoms with van der Waals surface area (Å²) in [6.07, 6.45) is 1.87. The van der Waals surface area contributed by atoms with Gasteiger partial charge in [-0.3, -0.25) is 4.79 Å². The lowest BCUT2D eigenvalue weighted by atomic mass is 10.1. The van der Waals surface area contributed by atoms with Crippen LogP contribution in [0, 0.1) is 0 Å². The number of nitrogens with two attached hydrogens (primary N) is 1. The Hall–Kier alpha value is -2.08. The Morgan fingerprint density at radius 2 is 1.78 bits per heavy atom. The van der Waals surface area contributed by atoms with E-state index in [4.69, 9.17) is 15.2 Å². The molecule has 1 aliphatic heterocycles. The van der Waals surface area contributed by atoms with Crippen molar-refractivity contribution in [2.45, 2.75) is 32.1 Å². The van der Waals surface area contributed by atoms with Crippen LogP contribution in [0.15, 0.2) is 48.5 Å². The van der Waals surface area contributed by atoms with Gasteiger partial charge in [-0.05, 0) is 36.6 Å². The highest BCUT2D eigenvalue weighted by Gasteiger charge is 2.24. The van der Waals surface area contributed by atoms with Gasteiger partial charge in [0.15, 0.2) is 0 Å². The average Bonchev–Trinajstić information content (AvgIpc) is 2.72. The van der Waals surface area contributed by atoms with Crippen LogP contribution in [0.3, 0.4) is 0 Å². The molecule has 0 radical (unpaired) electrons. The Balaban J connectivity index is 0.00000261. The van der Waals surface area contributed by atoms with Gasteiger partial charge >= 0.3 is 0 Å². The van der Waals surface area contributed by atoms with Crippen molar-refractivity contribution in [3.05, 3.63) is 65.2 Å². The molecule has 0 atom stereocenters. The number of benzene rings is 2. The van der Waals surface area contributed by atoms with E-state index < -0.39 is 0 Å². The van der Waals surface area contributed by atoms with Crippen LogP contribution in [-0.2, 0) is 17.9 Å². The van der Waals surface area contributed by atoms with Crippen LogP contribution in [0.4, 0.5) is 0 Å². The van der Waals surface area contributed by atoms with Gasteiger partial charge in [0.1, 0.15) is 5.75 Å². The molecule has 3 rings (SSSR count). The highest BCUT2D eigenvalue weighted by molar-refractivity contribution is 5.94. The highest BCUT2D eigenvalue weighted by atomic mass is 35.5. The van der Waals surface area contributed by atoms with Crippen molar-refractivity contribution >= 4 is 18.3 Å². The Labute approximate surface area is 166 Å². The number of nitrogens with zero attached hydrogens (tertiary/aromatic N) is 1. The van der Waals surface area contributed by atoms with Crippen LogP contribution in [-0.4, -0.2) is 37.1 Å². The van der Waals surface area contributed by atoms with Crippen molar-refractivity contribution in [1.29, 1.82) is 0 Å². The van der Waals surface area contributed by atoms with Gasteiger partial charge < -0.3 is 20.1 Å². The summed E-state index contributed by atoms with van der Waals surface area (Å²) >= 11 is 0. The van der Waals surface area contributed by atoms with Crippen LogP contribution in [0.25, 0.3) is 0 Å². The molecule has 27 heavy (non-hydrogen) atoms. The molecular formula is C21H27ClN2O3. The number of carbonyl (C=O) groups excluding carboxylic acids is 1. The molecule has 1 aliphatic rings. The second-order valence-electron chi connectivity index (χ2n) is 6.52. The number of carbonyl (C=O) groups is 1. The molecule has 2 N–H and O–H groups in total. The van der Waals surface area contributed by atoms with E-state index >= 15 is 0 Å². The summed E-state index contributed by atoms with van der Waals surface area (Å²) in [5.41, 5.74) is 8.41. The number of piperidine rings is 1. The molecule has 2 aromatic carbocycles. The number of likely N-dealkylation sites (tertiary alicyclic amines) is 1. The molecule has 5 nitrogen and oxygen atoms in total. The minimum Gasteiger partial charge on any atom is -0.496 e. The van der Waals surface area contributed by atoms with Crippen molar-refractivity contribution in [1.82, 2.24) is 4.90 Å². The maximum atomic E-state index is 12.6. The van der Waals surface area contributed by atoms with Crippen LogP contribution in [0.5, 0.6) is 5.75 Å². The molecule has 1 fully saturated rings. The van der Waals surface area contributed by atoms with Crippen molar-refractivity contribution in [3.63, 3.8) is 0 Å². The third kappa shape index (κ3) is 5.45. The van der Waals surface area contributed by atoms with Gasteiger partial charge in [-0.2, -0.15) is 0 Å².